The van der Waals surface area contributed by atoms with E-state index in [0.29, 0.717) is 18.0 Å². The number of carbonyl (C=O) groups is 1. The van der Waals surface area contributed by atoms with Crippen LogP contribution in [-0.4, -0.2) is 62.3 Å². The molecule has 7 heteroatoms. The summed E-state index contributed by atoms with van der Waals surface area (Å²) in [6.45, 7) is 3.94. The number of benzene rings is 1. The standard InChI is InChI=1S/C16H23N3O3S/c1-13(20)17-16-8-9-18(2)10-14(16)11-19(12-16)23(21,22)15-6-4-3-5-7-15/h3-7,14H,8-12H2,1-2H3,(H,17,20)/t14-,16-/m1/s1. The minimum atomic E-state index is -3.52. The number of nitrogens with one attached hydrogen (secondary N) is 1. The van der Waals surface area contributed by atoms with Gasteiger partial charge in [-0.05, 0) is 25.6 Å². The average Bonchev–Trinajstić information content (AvgIpc) is 2.87. The molecule has 0 aromatic heterocycles. The third-order valence-corrected chi connectivity index (χ3v) is 6.77. The fourth-order valence-electron chi connectivity index (χ4n) is 3.78. The lowest BCUT2D eigenvalue weighted by Crippen LogP contribution is -2.60. The fraction of sp³-hybridized carbons (Fsp3) is 0.562. The molecule has 1 amide bonds. The number of hydrogen-bond donors (Lipinski definition) is 1. The van der Waals surface area contributed by atoms with Crippen LogP contribution in [0.2, 0.25) is 0 Å². The maximum Gasteiger partial charge on any atom is 0.243 e. The van der Waals surface area contributed by atoms with Crippen LogP contribution in [0.15, 0.2) is 35.2 Å². The number of nitrogens with zero attached hydrogens (tertiary/aromatic N) is 2. The molecule has 1 aromatic rings. The summed E-state index contributed by atoms with van der Waals surface area (Å²) in [4.78, 5) is 14.2. The van der Waals surface area contributed by atoms with Crippen molar-refractivity contribution in [2.75, 3.05) is 33.2 Å². The van der Waals surface area contributed by atoms with Gasteiger partial charge in [0, 0.05) is 39.0 Å². The molecule has 0 saturated carbocycles. The molecule has 2 aliphatic rings. The predicted molar refractivity (Wildman–Crippen MR) is 87.4 cm³/mol. The minimum absolute atomic E-state index is 0.0986. The van der Waals surface area contributed by atoms with Crippen molar-refractivity contribution in [2.24, 2.45) is 5.92 Å². The van der Waals surface area contributed by atoms with Crippen LogP contribution < -0.4 is 5.32 Å². The zero-order valence-electron chi connectivity index (χ0n) is 13.5. The SMILES string of the molecule is CC(=O)N[C@@]12CCN(C)C[C@@H]1CN(S(=O)(=O)c1ccccc1)C2. The monoisotopic (exact) mass is 337 g/mol. The molecule has 126 valence electrons. The highest BCUT2D eigenvalue weighted by molar-refractivity contribution is 7.89. The molecule has 2 aliphatic heterocycles. The van der Waals surface area contributed by atoms with Crippen LogP contribution in [0.4, 0.5) is 0 Å². The first-order valence-corrected chi connectivity index (χ1v) is 9.30. The van der Waals surface area contributed by atoms with Gasteiger partial charge < -0.3 is 10.2 Å². The second-order valence-corrected chi connectivity index (χ2v) is 8.60. The van der Waals surface area contributed by atoms with E-state index < -0.39 is 15.6 Å². The molecule has 2 atom stereocenters. The first kappa shape index (κ1) is 16.4. The Hall–Kier alpha value is -1.44. The molecule has 0 bridgehead atoms. The quantitative estimate of drug-likeness (QED) is 0.873. The molecule has 0 aliphatic carbocycles. The second kappa shape index (κ2) is 5.89. The van der Waals surface area contributed by atoms with Gasteiger partial charge in [-0.2, -0.15) is 4.31 Å². The molecule has 3 rings (SSSR count). The zero-order valence-corrected chi connectivity index (χ0v) is 14.3. The second-order valence-electron chi connectivity index (χ2n) is 6.66. The molecule has 2 fully saturated rings. The summed E-state index contributed by atoms with van der Waals surface area (Å²) in [7, 11) is -1.49. The number of piperidine rings is 1. The lowest BCUT2D eigenvalue weighted by molar-refractivity contribution is -0.121. The van der Waals surface area contributed by atoms with E-state index in [-0.39, 0.29) is 11.8 Å². The van der Waals surface area contributed by atoms with E-state index in [2.05, 4.69) is 10.2 Å². The molecule has 6 nitrogen and oxygen atoms in total. The lowest BCUT2D eigenvalue weighted by atomic mass is 9.80. The van der Waals surface area contributed by atoms with E-state index in [4.69, 9.17) is 0 Å². The van der Waals surface area contributed by atoms with E-state index in [1.807, 2.05) is 7.05 Å². The number of carbonyl (C=O) groups excluding carboxylic acids is 1. The van der Waals surface area contributed by atoms with Crippen molar-refractivity contribution in [1.82, 2.24) is 14.5 Å². The Kier molecular flexibility index (Phi) is 4.20. The van der Waals surface area contributed by atoms with Gasteiger partial charge in [0.2, 0.25) is 15.9 Å². The van der Waals surface area contributed by atoms with Gasteiger partial charge in [-0.1, -0.05) is 18.2 Å². The van der Waals surface area contributed by atoms with Gasteiger partial charge in [0.15, 0.2) is 0 Å². The Balaban J connectivity index is 1.91. The molecular weight excluding hydrogens is 314 g/mol. The van der Waals surface area contributed by atoms with E-state index in [1.54, 1.807) is 30.3 Å². The molecule has 1 N–H and O–H groups in total. The van der Waals surface area contributed by atoms with Crippen LogP contribution in [0, 0.1) is 5.92 Å². The number of sulfonamides is 1. The van der Waals surface area contributed by atoms with E-state index >= 15 is 0 Å². The lowest BCUT2D eigenvalue weighted by Gasteiger charge is -2.42. The topological polar surface area (TPSA) is 69.7 Å². The number of fused-ring (bicyclic) bond motifs is 1. The normalized spacial score (nSPS) is 29.2. The smallest absolute Gasteiger partial charge is 0.243 e. The maximum absolute atomic E-state index is 12.9. The van der Waals surface area contributed by atoms with Crippen LogP contribution in [0.5, 0.6) is 0 Å². The van der Waals surface area contributed by atoms with Gasteiger partial charge in [0.1, 0.15) is 0 Å². The highest BCUT2D eigenvalue weighted by Gasteiger charge is 2.52. The number of likely N-dealkylation sites (tertiary alicyclic amines) is 1. The van der Waals surface area contributed by atoms with Crippen molar-refractivity contribution in [1.29, 1.82) is 0 Å². The summed E-state index contributed by atoms with van der Waals surface area (Å²) in [5, 5.41) is 3.06. The molecule has 0 unspecified atom stereocenters. The van der Waals surface area contributed by atoms with E-state index in [0.717, 1.165) is 19.5 Å². The van der Waals surface area contributed by atoms with Gasteiger partial charge in [-0.3, -0.25) is 4.79 Å². The van der Waals surface area contributed by atoms with Crippen LogP contribution in [0.25, 0.3) is 0 Å². The van der Waals surface area contributed by atoms with Crippen LogP contribution in [0.1, 0.15) is 13.3 Å². The summed E-state index contributed by atoms with van der Waals surface area (Å²) in [6.07, 6.45) is 0.772. The molecule has 2 heterocycles. The van der Waals surface area contributed by atoms with Crippen molar-refractivity contribution in [2.45, 2.75) is 23.8 Å². The van der Waals surface area contributed by atoms with Crippen molar-refractivity contribution >= 4 is 15.9 Å². The average molecular weight is 337 g/mol. The Morgan fingerprint density at radius 1 is 1.26 bits per heavy atom. The molecular formula is C16H23N3O3S. The zero-order chi connectivity index (χ0) is 16.7. The van der Waals surface area contributed by atoms with Gasteiger partial charge in [0.25, 0.3) is 0 Å². The summed E-state index contributed by atoms with van der Waals surface area (Å²) < 4.78 is 27.3. The molecule has 0 spiro atoms. The van der Waals surface area contributed by atoms with Crippen molar-refractivity contribution in [3.63, 3.8) is 0 Å². The van der Waals surface area contributed by atoms with Crippen molar-refractivity contribution in [3.05, 3.63) is 30.3 Å². The largest absolute Gasteiger partial charge is 0.349 e. The Labute approximate surface area is 137 Å². The first-order valence-electron chi connectivity index (χ1n) is 7.86. The molecule has 1 aromatic carbocycles. The fourth-order valence-corrected chi connectivity index (χ4v) is 5.36. The first-order chi connectivity index (χ1) is 10.8. The maximum atomic E-state index is 12.9. The van der Waals surface area contributed by atoms with Crippen LogP contribution in [0.3, 0.4) is 0 Å². The van der Waals surface area contributed by atoms with Gasteiger partial charge in [0.05, 0.1) is 10.4 Å². The van der Waals surface area contributed by atoms with Gasteiger partial charge in [-0.15, -0.1) is 0 Å². The third kappa shape index (κ3) is 3.00. The van der Waals surface area contributed by atoms with Crippen molar-refractivity contribution in [3.8, 4) is 0 Å². The molecule has 2 saturated heterocycles. The third-order valence-electron chi connectivity index (χ3n) is 4.94. The summed E-state index contributed by atoms with van der Waals surface area (Å²) >= 11 is 0. The van der Waals surface area contributed by atoms with Crippen LogP contribution >= 0.6 is 0 Å². The summed E-state index contributed by atoms with van der Waals surface area (Å²) in [5.74, 6) is 0.0159. The molecule has 23 heavy (non-hydrogen) atoms. The van der Waals surface area contributed by atoms with E-state index in [9.17, 15) is 13.2 Å². The van der Waals surface area contributed by atoms with Gasteiger partial charge in [-0.25, -0.2) is 8.42 Å². The Bertz CT molecular complexity index is 692. The van der Waals surface area contributed by atoms with Crippen LogP contribution in [-0.2, 0) is 14.8 Å². The Morgan fingerprint density at radius 3 is 2.61 bits per heavy atom. The van der Waals surface area contributed by atoms with Crippen molar-refractivity contribution < 1.29 is 13.2 Å². The van der Waals surface area contributed by atoms with E-state index in [1.165, 1.54) is 11.2 Å². The van der Waals surface area contributed by atoms with Gasteiger partial charge >= 0.3 is 0 Å². The number of amides is 1. The number of rotatable bonds is 3. The minimum Gasteiger partial charge on any atom is -0.349 e. The highest BCUT2D eigenvalue weighted by Crippen LogP contribution is 2.37. The highest BCUT2D eigenvalue weighted by atomic mass is 32.2. The summed E-state index contributed by atoms with van der Waals surface area (Å²) in [6, 6.07) is 8.50. The number of hydrogen-bond acceptors (Lipinski definition) is 4. The summed E-state index contributed by atoms with van der Waals surface area (Å²) in [5.41, 5.74) is -0.444. The Morgan fingerprint density at radius 2 is 1.96 bits per heavy atom. The predicted octanol–water partition coefficient (Wildman–Crippen LogP) is 0.518. The molecule has 0 radical (unpaired) electrons.